The first-order chi connectivity index (χ1) is 13.7. The molecule has 1 aliphatic rings. The summed E-state index contributed by atoms with van der Waals surface area (Å²) >= 11 is 6.06. The SMILES string of the molecule is COc1ccc([C@@H]2CCCN2Cc2nc(-c3cccc(Cl)c3)no2)c(OC)c1. The number of benzene rings is 2. The summed E-state index contributed by atoms with van der Waals surface area (Å²) in [6, 6.07) is 13.7. The van der Waals surface area contributed by atoms with Crippen LogP contribution in [0.1, 0.15) is 30.3 Å². The topological polar surface area (TPSA) is 60.6 Å². The average Bonchev–Trinajstić information content (AvgIpc) is 3.37. The first kappa shape index (κ1) is 18.8. The molecule has 2 aromatic carbocycles. The molecule has 28 heavy (non-hydrogen) atoms. The number of methoxy groups -OCH3 is 2. The van der Waals surface area contributed by atoms with Gasteiger partial charge in [0.1, 0.15) is 11.5 Å². The number of aromatic nitrogens is 2. The van der Waals surface area contributed by atoms with Crippen LogP contribution in [0.2, 0.25) is 5.02 Å². The minimum atomic E-state index is 0.238. The molecule has 2 heterocycles. The molecule has 1 fully saturated rings. The van der Waals surface area contributed by atoms with E-state index in [0.717, 1.165) is 42.0 Å². The number of hydrogen-bond donors (Lipinski definition) is 0. The standard InChI is InChI=1S/C21H22ClN3O3/c1-26-16-8-9-17(19(12-16)27-2)18-7-4-10-25(18)13-20-23-21(24-28-20)14-5-3-6-15(22)11-14/h3,5-6,8-9,11-12,18H,4,7,10,13H2,1-2H3/t18-/m0/s1. The van der Waals surface area contributed by atoms with Gasteiger partial charge in [-0.25, -0.2) is 0 Å². The minimum absolute atomic E-state index is 0.238. The highest BCUT2D eigenvalue weighted by atomic mass is 35.5. The van der Waals surface area contributed by atoms with Crippen LogP contribution >= 0.6 is 11.6 Å². The molecular formula is C21H22ClN3O3. The largest absolute Gasteiger partial charge is 0.497 e. The zero-order valence-corrected chi connectivity index (χ0v) is 16.6. The van der Waals surface area contributed by atoms with Gasteiger partial charge in [0.25, 0.3) is 0 Å². The van der Waals surface area contributed by atoms with E-state index in [-0.39, 0.29) is 6.04 Å². The van der Waals surface area contributed by atoms with E-state index in [9.17, 15) is 0 Å². The number of nitrogens with zero attached hydrogens (tertiary/aromatic N) is 3. The quantitative estimate of drug-likeness (QED) is 0.596. The van der Waals surface area contributed by atoms with Gasteiger partial charge in [-0.1, -0.05) is 35.0 Å². The summed E-state index contributed by atoms with van der Waals surface area (Å²) in [6.07, 6.45) is 2.16. The van der Waals surface area contributed by atoms with Crippen molar-refractivity contribution in [2.75, 3.05) is 20.8 Å². The fourth-order valence-corrected chi connectivity index (χ4v) is 3.89. The third kappa shape index (κ3) is 3.84. The van der Waals surface area contributed by atoms with Gasteiger partial charge in [-0.15, -0.1) is 0 Å². The Balaban J connectivity index is 1.54. The summed E-state index contributed by atoms with van der Waals surface area (Å²) in [5.74, 6) is 2.76. The highest BCUT2D eigenvalue weighted by Crippen LogP contribution is 2.39. The predicted molar refractivity (Wildman–Crippen MR) is 107 cm³/mol. The van der Waals surface area contributed by atoms with Crippen LogP contribution in [0, 0.1) is 0 Å². The van der Waals surface area contributed by atoms with Gasteiger partial charge in [0.2, 0.25) is 11.7 Å². The summed E-state index contributed by atoms with van der Waals surface area (Å²) in [6.45, 7) is 1.56. The Morgan fingerprint density at radius 3 is 2.86 bits per heavy atom. The minimum Gasteiger partial charge on any atom is -0.497 e. The zero-order valence-electron chi connectivity index (χ0n) is 15.9. The fraction of sp³-hybridized carbons (Fsp3) is 0.333. The second-order valence-corrected chi connectivity index (χ2v) is 7.19. The van der Waals surface area contributed by atoms with Gasteiger partial charge in [0.15, 0.2) is 0 Å². The van der Waals surface area contributed by atoms with E-state index < -0.39 is 0 Å². The molecule has 146 valence electrons. The second-order valence-electron chi connectivity index (χ2n) is 6.76. The summed E-state index contributed by atoms with van der Waals surface area (Å²) in [4.78, 5) is 6.90. The van der Waals surface area contributed by atoms with Gasteiger partial charge in [-0.05, 0) is 37.6 Å². The van der Waals surface area contributed by atoms with Gasteiger partial charge in [0, 0.05) is 28.3 Å². The third-order valence-electron chi connectivity index (χ3n) is 5.05. The number of ether oxygens (including phenoxy) is 2. The molecule has 0 radical (unpaired) electrons. The Morgan fingerprint density at radius 1 is 1.18 bits per heavy atom. The number of rotatable bonds is 6. The van der Waals surface area contributed by atoms with Crippen molar-refractivity contribution in [1.82, 2.24) is 15.0 Å². The number of hydrogen-bond acceptors (Lipinski definition) is 6. The normalized spacial score (nSPS) is 17.0. The van der Waals surface area contributed by atoms with Gasteiger partial charge in [-0.3, -0.25) is 4.90 Å². The third-order valence-corrected chi connectivity index (χ3v) is 5.29. The van der Waals surface area contributed by atoms with Crippen LogP contribution in [0.3, 0.4) is 0 Å². The molecule has 7 heteroatoms. The summed E-state index contributed by atoms with van der Waals surface area (Å²) < 4.78 is 16.4. The van der Waals surface area contributed by atoms with Crippen LogP contribution < -0.4 is 9.47 Å². The van der Waals surface area contributed by atoms with Crippen molar-refractivity contribution >= 4 is 11.6 Å². The van der Waals surface area contributed by atoms with Crippen LogP contribution in [0.5, 0.6) is 11.5 Å². The maximum atomic E-state index is 6.06. The Bertz CT molecular complexity index is 960. The van der Waals surface area contributed by atoms with Crippen molar-refractivity contribution in [2.24, 2.45) is 0 Å². The molecule has 0 aliphatic carbocycles. The predicted octanol–water partition coefficient (Wildman–Crippen LogP) is 4.74. The number of likely N-dealkylation sites (tertiary alicyclic amines) is 1. The molecule has 0 N–H and O–H groups in total. The lowest BCUT2D eigenvalue weighted by Crippen LogP contribution is -2.23. The average molecular weight is 400 g/mol. The van der Waals surface area contributed by atoms with Crippen LogP contribution in [0.25, 0.3) is 11.4 Å². The Kier molecular flexibility index (Phi) is 5.50. The Morgan fingerprint density at radius 2 is 2.07 bits per heavy atom. The van der Waals surface area contributed by atoms with Gasteiger partial charge in [0.05, 0.1) is 20.8 Å². The van der Waals surface area contributed by atoms with E-state index >= 15 is 0 Å². The van der Waals surface area contributed by atoms with Crippen molar-refractivity contribution in [2.45, 2.75) is 25.4 Å². The van der Waals surface area contributed by atoms with Crippen LogP contribution in [0.4, 0.5) is 0 Å². The van der Waals surface area contributed by atoms with Crippen LogP contribution in [-0.2, 0) is 6.54 Å². The lowest BCUT2D eigenvalue weighted by Gasteiger charge is -2.25. The Hall–Kier alpha value is -2.57. The lowest BCUT2D eigenvalue weighted by atomic mass is 10.0. The number of halogens is 1. The van der Waals surface area contributed by atoms with E-state index in [2.05, 4.69) is 21.1 Å². The molecule has 3 aromatic rings. The first-order valence-corrected chi connectivity index (χ1v) is 9.60. The van der Waals surface area contributed by atoms with E-state index in [4.69, 9.17) is 25.6 Å². The Labute approximate surface area is 169 Å². The second kappa shape index (κ2) is 8.20. The van der Waals surface area contributed by atoms with Gasteiger partial charge in [-0.2, -0.15) is 4.98 Å². The fourth-order valence-electron chi connectivity index (χ4n) is 3.70. The summed E-state index contributed by atoms with van der Waals surface area (Å²) in [5, 5.41) is 4.76. The van der Waals surface area contributed by atoms with Crippen molar-refractivity contribution in [3.63, 3.8) is 0 Å². The highest BCUT2D eigenvalue weighted by Gasteiger charge is 2.30. The molecule has 0 bridgehead atoms. The molecule has 6 nitrogen and oxygen atoms in total. The zero-order chi connectivity index (χ0) is 19.5. The van der Waals surface area contributed by atoms with Crippen LogP contribution in [-0.4, -0.2) is 35.8 Å². The summed E-state index contributed by atoms with van der Waals surface area (Å²) in [7, 11) is 3.34. The molecule has 1 aromatic heterocycles. The molecule has 4 rings (SSSR count). The van der Waals surface area contributed by atoms with Gasteiger partial charge < -0.3 is 14.0 Å². The molecule has 0 saturated carbocycles. The molecule has 1 aliphatic heterocycles. The van der Waals surface area contributed by atoms with E-state index in [0.29, 0.717) is 23.3 Å². The van der Waals surface area contributed by atoms with Crippen molar-refractivity contribution in [3.05, 3.63) is 58.9 Å². The van der Waals surface area contributed by atoms with E-state index in [1.54, 1.807) is 14.2 Å². The van der Waals surface area contributed by atoms with Crippen molar-refractivity contribution in [3.8, 4) is 22.9 Å². The molecule has 0 amide bonds. The highest BCUT2D eigenvalue weighted by molar-refractivity contribution is 6.30. The summed E-state index contributed by atoms with van der Waals surface area (Å²) in [5.41, 5.74) is 1.99. The van der Waals surface area contributed by atoms with Crippen LogP contribution in [0.15, 0.2) is 47.0 Å². The molecule has 0 unspecified atom stereocenters. The maximum absolute atomic E-state index is 6.06. The van der Waals surface area contributed by atoms with E-state index in [1.165, 1.54) is 0 Å². The molecule has 1 saturated heterocycles. The van der Waals surface area contributed by atoms with E-state index in [1.807, 2.05) is 36.4 Å². The maximum Gasteiger partial charge on any atom is 0.241 e. The molecular weight excluding hydrogens is 378 g/mol. The lowest BCUT2D eigenvalue weighted by molar-refractivity contribution is 0.209. The smallest absolute Gasteiger partial charge is 0.241 e. The van der Waals surface area contributed by atoms with Gasteiger partial charge >= 0.3 is 0 Å². The van der Waals surface area contributed by atoms with Crippen molar-refractivity contribution in [1.29, 1.82) is 0 Å². The monoisotopic (exact) mass is 399 g/mol. The van der Waals surface area contributed by atoms with Crippen molar-refractivity contribution < 1.29 is 14.0 Å². The molecule has 0 spiro atoms. The first-order valence-electron chi connectivity index (χ1n) is 9.22. The molecule has 1 atom stereocenters.